The summed E-state index contributed by atoms with van der Waals surface area (Å²) in [7, 11) is 1.53. The zero-order valence-electron chi connectivity index (χ0n) is 16.5. The van der Waals surface area contributed by atoms with E-state index in [2.05, 4.69) is 22.5 Å². The first-order valence-electron chi connectivity index (χ1n) is 9.35. The van der Waals surface area contributed by atoms with Gasteiger partial charge in [-0.25, -0.2) is 0 Å². The Bertz CT molecular complexity index is 966. The van der Waals surface area contributed by atoms with Crippen molar-refractivity contribution in [3.8, 4) is 5.75 Å². The molecule has 0 aromatic heterocycles. The van der Waals surface area contributed by atoms with Crippen molar-refractivity contribution in [1.82, 2.24) is 4.90 Å². The van der Waals surface area contributed by atoms with Gasteiger partial charge in [0.1, 0.15) is 18.1 Å². The number of amides is 1. The SMILES string of the molecule is C=CCOc1ccc(/C(O)=C2\C(=O)C(=O)N(CCOC)C2c2ccc(Br)cc2)cc1. The number of hydrogen-bond donors (Lipinski definition) is 1. The van der Waals surface area contributed by atoms with E-state index >= 15 is 0 Å². The quantitative estimate of drug-likeness (QED) is 0.271. The van der Waals surface area contributed by atoms with Crippen LogP contribution in [0, 0.1) is 0 Å². The summed E-state index contributed by atoms with van der Waals surface area (Å²) >= 11 is 3.39. The lowest BCUT2D eigenvalue weighted by Crippen LogP contribution is -2.32. The minimum atomic E-state index is -0.719. The number of ketones is 1. The highest BCUT2D eigenvalue weighted by molar-refractivity contribution is 9.10. The number of hydrogen-bond acceptors (Lipinski definition) is 5. The van der Waals surface area contributed by atoms with Gasteiger partial charge < -0.3 is 19.5 Å². The second kappa shape index (κ2) is 9.73. The Balaban J connectivity index is 2.05. The van der Waals surface area contributed by atoms with Gasteiger partial charge in [-0.15, -0.1) is 0 Å². The van der Waals surface area contributed by atoms with Crippen LogP contribution in [0.5, 0.6) is 5.75 Å². The van der Waals surface area contributed by atoms with E-state index in [-0.39, 0.29) is 24.5 Å². The van der Waals surface area contributed by atoms with Crippen LogP contribution < -0.4 is 4.74 Å². The maximum absolute atomic E-state index is 12.9. The van der Waals surface area contributed by atoms with Crippen LogP contribution in [0.4, 0.5) is 0 Å². The summed E-state index contributed by atoms with van der Waals surface area (Å²) in [6.07, 6.45) is 1.63. The molecule has 0 radical (unpaired) electrons. The molecule has 1 aliphatic rings. The van der Waals surface area contributed by atoms with E-state index in [4.69, 9.17) is 9.47 Å². The fraction of sp³-hybridized carbons (Fsp3) is 0.217. The first-order chi connectivity index (χ1) is 14.5. The second-order valence-electron chi connectivity index (χ2n) is 6.66. The maximum Gasteiger partial charge on any atom is 0.295 e. The smallest absolute Gasteiger partial charge is 0.295 e. The molecule has 30 heavy (non-hydrogen) atoms. The molecule has 2 aromatic rings. The number of carbonyl (C=O) groups excluding carboxylic acids is 2. The van der Waals surface area contributed by atoms with E-state index in [1.807, 2.05) is 24.3 Å². The molecule has 1 fully saturated rings. The Kier molecular flexibility index (Phi) is 7.07. The molecule has 0 saturated carbocycles. The standard InChI is InChI=1S/C23H22BrNO5/c1-3-13-30-18-10-6-16(7-11-18)21(26)19-20(15-4-8-17(24)9-5-15)25(12-14-29-2)23(28)22(19)27/h3-11,20,26H,1,12-14H2,2H3/b21-19+. The number of halogens is 1. The van der Waals surface area contributed by atoms with Crippen LogP contribution in [-0.2, 0) is 14.3 Å². The first kappa shape index (κ1) is 21.8. The molecule has 1 N–H and O–H groups in total. The van der Waals surface area contributed by atoms with Gasteiger partial charge in [-0.3, -0.25) is 9.59 Å². The number of benzene rings is 2. The minimum absolute atomic E-state index is 0.0539. The minimum Gasteiger partial charge on any atom is -0.507 e. The average Bonchev–Trinajstić information content (AvgIpc) is 3.01. The molecule has 1 saturated heterocycles. The fourth-order valence-corrected chi connectivity index (χ4v) is 3.58. The Hall–Kier alpha value is -2.90. The van der Waals surface area contributed by atoms with E-state index in [1.54, 1.807) is 30.3 Å². The third kappa shape index (κ3) is 4.47. The van der Waals surface area contributed by atoms with Crippen molar-refractivity contribution in [3.05, 3.63) is 82.4 Å². The number of aliphatic hydroxyl groups excluding tert-OH is 1. The zero-order chi connectivity index (χ0) is 21.7. The Morgan fingerprint density at radius 3 is 2.43 bits per heavy atom. The van der Waals surface area contributed by atoms with Gasteiger partial charge in [0.25, 0.3) is 11.7 Å². The van der Waals surface area contributed by atoms with Crippen LogP contribution in [0.25, 0.3) is 5.76 Å². The normalized spacial score (nSPS) is 17.9. The number of aliphatic hydroxyl groups is 1. The highest BCUT2D eigenvalue weighted by atomic mass is 79.9. The molecule has 6 nitrogen and oxygen atoms in total. The fourth-order valence-electron chi connectivity index (χ4n) is 3.31. The van der Waals surface area contributed by atoms with Gasteiger partial charge in [-0.05, 0) is 42.0 Å². The van der Waals surface area contributed by atoms with Crippen molar-refractivity contribution in [2.75, 3.05) is 26.9 Å². The molecule has 1 unspecified atom stereocenters. The van der Waals surface area contributed by atoms with E-state index in [0.29, 0.717) is 17.9 Å². The zero-order valence-corrected chi connectivity index (χ0v) is 18.1. The number of carbonyl (C=O) groups is 2. The Morgan fingerprint density at radius 1 is 1.17 bits per heavy atom. The van der Waals surface area contributed by atoms with Gasteiger partial charge in [0, 0.05) is 23.7 Å². The maximum atomic E-state index is 12.9. The Morgan fingerprint density at radius 2 is 1.83 bits per heavy atom. The van der Waals surface area contributed by atoms with Crippen LogP contribution in [0.15, 0.2) is 71.2 Å². The number of likely N-dealkylation sites (tertiary alicyclic amines) is 1. The summed E-state index contributed by atoms with van der Waals surface area (Å²) in [6.45, 7) is 4.46. The van der Waals surface area contributed by atoms with Gasteiger partial charge >= 0.3 is 0 Å². The molecule has 0 bridgehead atoms. The van der Waals surface area contributed by atoms with Gasteiger partial charge in [0.15, 0.2) is 0 Å². The summed E-state index contributed by atoms with van der Waals surface area (Å²) in [5.41, 5.74) is 1.20. The molecule has 1 amide bonds. The summed E-state index contributed by atoms with van der Waals surface area (Å²) in [6, 6.07) is 13.3. The van der Waals surface area contributed by atoms with Crippen molar-refractivity contribution >= 4 is 33.4 Å². The number of nitrogens with zero attached hydrogens (tertiary/aromatic N) is 1. The summed E-state index contributed by atoms with van der Waals surface area (Å²) in [5, 5.41) is 11.0. The van der Waals surface area contributed by atoms with E-state index in [0.717, 1.165) is 10.0 Å². The lowest BCUT2D eigenvalue weighted by atomic mass is 9.95. The van der Waals surface area contributed by atoms with Gasteiger partial charge in [0.05, 0.1) is 18.2 Å². The second-order valence-corrected chi connectivity index (χ2v) is 7.58. The highest BCUT2D eigenvalue weighted by Gasteiger charge is 2.45. The molecule has 156 valence electrons. The van der Waals surface area contributed by atoms with E-state index in [9.17, 15) is 14.7 Å². The van der Waals surface area contributed by atoms with E-state index in [1.165, 1.54) is 12.0 Å². The van der Waals surface area contributed by atoms with Gasteiger partial charge in [0.2, 0.25) is 0 Å². The summed E-state index contributed by atoms with van der Waals surface area (Å²) in [4.78, 5) is 27.0. The molecule has 1 aliphatic heterocycles. The predicted octanol–water partition coefficient (Wildman–Crippen LogP) is 4.08. The van der Waals surface area contributed by atoms with Gasteiger partial charge in [-0.2, -0.15) is 0 Å². The number of methoxy groups -OCH3 is 1. The van der Waals surface area contributed by atoms with Crippen LogP contribution in [-0.4, -0.2) is 48.6 Å². The van der Waals surface area contributed by atoms with Crippen LogP contribution >= 0.6 is 15.9 Å². The molecule has 7 heteroatoms. The molecular formula is C23H22BrNO5. The topological polar surface area (TPSA) is 76.1 Å². The summed E-state index contributed by atoms with van der Waals surface area (Å²) in [5.74, 6) is -0.996. The summed E-state index contributed by atoms with van der Waals surface area (Å²) < 4.78 is 11.4. The van der Waals surface area contributed by atoms with Crippen molar-refractivity contribution in [2.24, 2.45) is 0 Å². The van der Waals surface area contributed by atoms with Crippen molar-refractivity contribution < 1.29 is 24.2 Å². The third-order valence-electron chi connectivity index (χ3n) is 4.76. The van der Waals surface area contributed by atoms with Gasteiger partial charge in [-0.1, -0.05) is 40.7 Å². The van der Waals surface area contributed by atoms with E-state index < -0.39 is 17.7 Å². The lowest BCUT2D eigenvalue weighted by molar-refractivity contribution is -0.140. The van der Waals surface area contributed by atoms with Crippen molar-refractivity contribution in [2.45, 2.75) is 6.04 Å². The lowest BCUT2D eigenvalue weighted by Gasteiger charge is -2.25. The molecule has 0 aliphatic carbocycles. The highest BCUT2D eigenvalue weighted by Crippen LogP contribution is 2.39. The average molecular weight is 472 g/mol. The molecular weight excluding hydrogens is 450 g/mol. The predicted molar refractivity (Wildman–Crippen MR) is 117 cm³/mol. The molecule has 2 aromatic carbocycles. The molecule has 0 spiro atoms. The van der Waals surface area contributed by atoms with Crippen LogP contribution in [0.2, 0.25) is 0 Å². The largest absolute Gasteiger partial charge is 0.507 e. The molecule has 1 atom stereocenters. The first-order valence-corrected chi connectivity index (χ1v) is 10.1. The van der Waals surface area contributed by atoms with Crippen molar-refractivity contribution in [1.29, 1.82) is 0 Å². The molecule has 1 heterocycles. The van der Waals surface area contributed by atoms with Crippen LogP contribution in [0.1, 0.15) is 17.2 Å². The molecule has 3 rings (SSSR count). The monoisotopic (exact) mass is 471 g/mol. The van der Waals surface area contributed by atoms with Crippen LogP contribution in [0.3, 0.4) is 0 Å². The van der Waals surface area contributed by atoms with Crippen molar-refractivity contribution in [3.63, 3.8) is 0 Å². The number of rotatable bonds is 8. The number of Topliss-reactive ketones (excluding diaryl/α,β-unsaturated/α-hetero) is 1. The number of ether oxygens (including phenoxy) is 2. The third-order valence-corrected chi connectivity index (χ3v) is 5.29. The Labute approximate surface area is 183 Å².